The number of aromatic amines is 1. The Bertz CT molecular complexity index is 443. The molecule has 2 nitrogen and oxygen atoms in total. The summed E-state index contributed by atoms with van der Waals surface area (Å²) in [6.07, 6.45) is 1.18. The van der Waals surface area contributed by atoms with E-state index in [1.54, 1.807) is 0 Å². The average Bonchev–Trinajstić information content (AvgIpc) is 2.55. The van der Waals surface area contributed by atoms with Gasteiger partial charge in [-0.15, -0.1) is 0 Å². The van der Waals surface area contributed by atoms with Crippen molar-refractivity contribution in [2.24, 2.45) is 0 Å². The van der Waals surface area contributed by atoms with E-state index in [9.17, 15) is 0 Å². The molecular formula is C12H16N2. The van der Waals surface area contributed by atoms with Crippen molar-refractivity contribution in [1.82, 2.24) is 9.97 Å². The maximum Gasteiger partial charge on any atom is 0.104 e. The zero-order chi connectivity index (χ0) is 10.1. The van der Waals surface area contributed by atoms with Crippen molar-refractivity contribution in [3.05, 3.63) is 29.6 Å². The molecule has 1 atom stereocenters. The molecule has 2 heteroatoms. The summed E-state index contributed by atoms with van der Waals surface area (Å²) in [7, 11) is 0. The number of fused-ring (bicyclic) bond motifs is 1. The van der Waals surface area contributed by atoms with E-state index < -0.39 is 0 Å². The summed E-state index contributed by atoms with van der Waals surface area (Å²) in [4.78, 5) is 7.65. The number of nitrogens with zero attached hydrogens (tertiary/aromatic N) is 1. The minimum Gasteiger partial charge on any atom is -0.342 e. The minimum absolute atomic E-state index is 0.628. The quantitative estimate of drug-likeness (QED) is 0.769. The summed E-state index contributed by atoms with van der Waals surface area (Å²) in [5.41, 5.74) is 3.61. The van der Waals surface area contributed by atoms with Gasteiger partial charge in [-0.05, 0) is 37.0 Å². The maximum absolute atomic E-state index is 4.38. The van der Waals surface area contributed by atoms with Gasteiger partial charge in [0.15, 0.2) is 0 Å². The first-order valence-electron chi connectivity index (χ1n) is 5.17. The van der Waals surface area contributed by atoms with E-state index in [0.717, 1.165) is 16.9 Å². The lowest BCUT2D eigenvalue weighted by Crippen LogP contribution is -1.90. The molecule has 14 heavy (non-hydrogen) atoms. The Morgan fingerprint density at radius 3 is 2.93 bits per heavy atom. The number of aryl methyl sites for hydroxylation is 1. The molecule has 0 saturated heterocycles. The van der Waals surface area contributed by atoms with Crippen LogP contribution in [0.4, 0.5) is 0 Å². The molecule has 1 aromatic heterocycles. The molecule has 2 rings (SSSR count). The molecule has 0 radical (unpaired) electrons. The Labute approximate surface area is 84.4 Å². The summed E-state index contributed by atoms with van der Waals surface area (Å²) in [6.45, 7) is 6.46. The van der Waals surface area contributed by atoms with E-state index in [4.69, 9.17) is 0 Å². The predicted molar refractivity (Wildman–Crippen MR) is 59.5 cm³/mol. The second kappa shape index (κ2) is 3.45. The fraction of sp³-hybridized carbons (Fsp3) is 0.417. The van der Waals surface area contributed by atoms with Crippen LogP contribution in [0.5, 0.6) is 0 Å². The highest BCUT2D eigenvalue weighted by Gasteiger charge is 2.05. The molecule has 74 valence electrons. The topological polar surface area (TPSA) is 28.7 Å². The smallest absolute Gasteiger partial charge is 0.104 e. The Kier molecular flexibility index (Phi) is 2.28. The van der Waals surface area contributed by atoms with Gasteiger partial charge in [0.05, 0.1) is 11.0 Å². The van der Waals surface area contributed by atoms with E-state index in [0.29, 0.717) is 5.92 Å². The van der Waals surface area contributed by atoms with Crippen LogP contribution in [0.3, 0.4) is 0 Å². The van der Waals surface area contributed by atoms with Crippen molar-refractivity contribution >= 4 is 11.0 Å². The zero-order valence-electron chi connectivity index (χ0n) is 8.96. The number of H-pyrrole nitrogens is 1. The van der Waals surface area contributed by atoms with Crippen LogP contribution in [0, 0.1) is 6.92 Å². The Hall–Kier alpha value is -1.31. The number of rotatable bonds is 2. The standard InChI is InChI=1S/C12H16N2/c1-4-8(2)10-5-6-11-12(7-10)14-9(3)13-11/h5-8H,4H2,1-3H3,(H,13,14). The summed E-state index contributed by atoms with van der Waals surface area (Å²) in [6, 6.07) is 6.49. The number of hydrogen-bond donors (Lipinski definition) is 1. The van der Waals surface area contributed by atoms with Crippen LogP contribution in [-0.2, 0) is 0 Å². The van der Waals surface area contributed by atoms with Crippen LogP contribution < -0.4 is 0 Å². The minimum atomic E-state index is 0.628. The van der Waals surface area contributed by atoms with Gasteiger partial charge in [0, 0.05) is 0 Å². The van der Waals surface area contributed by atoms with Gasteiger partial charge in [0.2, 0.25) is 0 Å². The summed E-state index contributed by atoms with van der Waals surface area (Å²) in [5.74, 6) is 1.62. The van der Waals surface area contributed by atoms with Crippen molar-refractivity contribution in [2.45, 2.75) is 33.1 Å². The lowest BCUT2D eigenvalue weighted by molar-refractivity contribution is 0.734. The van der Waals surface area contributed by atoms with Gasteiger partial charge in [-0.2, -0.15) is 0 Å². The van der Waals surface area contributed by atoms with Gasteiger partial charge in [-0.1, -0.05) is 19.9 Å². The van der Waals surface area contributed by atoms with E-state index in [2.05, 4.69) is 42.0 Å². The van der Waals surface area contributed by atoms with Crippen LogP contribution >= 0.6 is 0 Å². The third kappa shape index (κ3) is 1.52. The lowest BCUT2D eigenvalue weighted by atomic mass is 9.98. The third-order valence-electron chi connectivity index (χ3n) is 2.81. The highest BCUT2D eigenvalue weighted by Crippen LogP contribution is 2.22. The molecular weight excluding hydrogens is 172 g/mol. The molecule has 1 unspecified atom stereocenters. The van der Waals surface area contributed by atoms with E-state index in [-0.39, 0.29) is 0 Å². The van der Waals surface area contributed by atoms with Crippen molar-refractivity contribution in [3.63, 3.8) is 0 Å². The van der Waals surface area contributed by atoms with E-state index in [1.165, 1.54) is 12.0 Å². The second-order valence-electron chi connectivity index (χ2n) is 3.91. The number of aromatic nitrogens is 2. The van der Waals surface area contributed by atoms with Gasteiger partial charge < -0.3 is 4.98 Å². The molecule has 0 bridgehead atoms. The highest BCUT2D eigenvalue weighted by molar-refractivity contribution is 5.75. The fourth-order valence-corrected chi connectivity index (χ4v) is 1.70. The summed E-state index contributed by atoms with van der Waals surface area (Å²) >= 11 is 0. The first kappa shape index (κ1) is 9.25. The van der Waals surface area contributed by atoms with Gasteiger partial charge in [0.1, 0.15) is 5.82 Å². The molecule has 2 aromatic rings. The molecule has 1 aromatic carbocycles. The molecule has 0 spiro atoms. The van der Waals surface area contributed by atoms with E-state index in [1.807, 2.05) is 6.92 Å². The Morgan fingerprint density at radius 2 is 2.21 bits per heavy atom. The second-order valence-corrected chi connectivity index (χ2v) is 3.91. The predicted octanol–water partition coefficient (Wildman–Crippen LogP) is 3.38. The average molecular weight is 188 g/mol. The van der Waals surface area contributed by atoms with Crippen molar-refractivity contribution in [3.8, 4) is 0 Å². The summed E-state index contributed by atoms with van der Waals surface area (Å²) < 4.78 is 0. The first-order valence-corrected chi connectivity index (χ1v) is 5.17. The van der Waals surface area contributed by atoms with Gasteiger partial charge in [0.25, 0.3) is 0 Å². The SMILES string of the molecule is CCC(C)c1ccc2nc(C)[nH]c2c1. The van der Waals surface area contributed by atoms with E-state index >= 15 is 0 Å². The van der Waals surface area contributed by atoms with Crippen LogP contribution in [0.1, 0.15) is 37.6 Å². The fourth-order valence-electron chi connectivity index (χ4n) is 1.70. The highest BCUT2D eigenvalue weighted by atomic mass is 14.9. The van der Waals surface area contributed by atoms with Crippen LogP contribution in [-0.4, -0.2) is 9.97 Å². The molecule has 1 heterocycles. The first-order chi connectivity index (χ1) is 6.70. The monoisotopic (exact) mass is 188 g/mol. The number of nitrogens with one attached hydrogen (secondary N) is 1. The number of benzene rings is 1. The Balaban J connectivity index is 2.50. The van der Waals surface area contributed by atoms with Crippen LogP contribution in [0.2, 0.25) is 0 Å². The number of imidazole rings is 1. The maximum atomic E-state index is 4.38. The molecule has 0 aliphatic heterocycles. The third-order valence-corrected chi connectivity index (χ3v) is 2.81. The molecule has 0 aliphatic carbocycles. The Morgan fingerprint density at radius 1 is 1.43 bits per heavy atom. The van der Waals surface area contributed by atoms with Gasteiger partial charge in [-0.25, -0.2) is 4.98 Å². The van der Waals surface area contributed by atoms with Crippen LogP contribution in [0.25, 0.3) is 11.0 Å². The normalized spacial score (nSPS) is 13.4. The molecule has 0 fully saturated rings. The molecule has 1 N–H and O–H groups in total. The van der Waals surface area contributed by atoms with Crippen molar-refractivity contribution in [2.75, 3.05) is 0 Å². The number of hydrogen-bond acceptors (Lipinski definition) is 1. The zero-order valence-corrected chi connectivity index (χ0v) is 8.96. The lowest BCUT2D eigenvalue weighted by Gasteiger charge is -2.07. The largest absolute Gasteiger partial charge is 0.342 e. The van der Waals surface area contributed by atoms with Crippen molar-refractivity contribution in [1.29, 1.82) is 0 Å². The van der Waals surface area contributed by atoms with Crippen LogP contribution in [0.15, 0.2) is 18.2 Å². The summed E-state index contributed by atoms with van der Waals surface area (Å²) in [5, 5.41) is 0. The molecule has 0 saturated carbocycles. The molecule has 0 amide bonds. The van der Waals surface area contributed by atoms with Gasteiger partial charge >= 0.3 is 0 Å². The molecule has 0 aliphatic rings. The van der Waals surface area contributed by atoms with Gasteiger partial charge in [-0.3, -0.25) is 0 Å². The van der Waals surface area contributed by atoms with Crippen molar-refractivity contribution < 1.29 is 0 Å².